The number of thiazole rings is 1. The number of amides is 1. The molecule has 0 fully saturated rings. The normalized spacial score (nSPS) is 10.8. The van der Waals surface area contributed by atoms with Crippen LogP contribution >= 0.6 is 22.9 Å². The zero-order chi connectivity index (χ0) is 18.3. The molecule has 5 nitrogen and oxygen atoms in total. The predicted octanol–water partition coefficient (Wildman–Crippen LogP) is 4.29. The van der Waals surface area contributed by atoms with Crippen molar-refractivity contribution in [2.45, 2.75) is 0 Å². The molecule has 2 heterocycles. The van der Waals surface area contributed by atoms with E-state index in [1.54, 1.807) is 24.3 Å². The summed E-state index contributed by atoms with van der Waals surface area (Å²) in [4.78, 5) is 25.9. The van der Waals surface area contributed by atoms with Gasteiger partial charge in [0.25, 0.3) is 11.5 Å². The van der Waals surface area contributed by atoms with Crippen LogP contribution in [-0.4, -0.2) is 10.3 Å². The monoisotopic (exact) mass is 379 g/mol. The number of pyridine rings is 1. The fraction of sp³-hybridized carbons (Fsp3) is 0. The number of nitrogens with zero attached hydrogens (tertiary/aromatic N) is 2. The van der Waals surface area contributed by atoms with Gasteiger partial charge in [-0.25, -0.2) is 0 Å². The molecule has 0 saturated heterocycles. The Morgan fingerprint density at radius 2 is 1.88 bits per heavy atom. The molecule has 2 aromatic heterocycles. The van der Waals surface area contributed by atoms with Crippen molar-refractivity contribution in [1.82, 2.24) is 4.40 Å². The minimum atomic E-state index is -0.442. The van der Waals surface area contributed by atoms with Crippen LogP contribution in [0, 0.1) is 11.3 Å². The number of carbonyl (C=O) groups is 1. The Morgan fingerprint density at radius 1 is 1.15 bits per heavy atom. The lowest BCUT2D eigenvalue weighted by Crippen LogP contribution is -2.22. The van der Waals surface area contributed by atoms with Gasteiger partial charge in [-0.1, -0.05) is 23.7 Å². The maximum Gasteiger partial charge on any atom is 0.280 e. The number of anilines is 1. The molecule has 0 saturated carbocycles. The quantitative estimate of drug-likeness (QED) is 0.564. The third-order valence-electron chi connectivity index (χ3n) is 3.94. The van der Waals surface area contributed by atoms with Crippen LogP contribution in [0.25, 0.3) is 15.0 Å². The van der Waals surface area contributed by atoms with Gasteiger partial charge in [0.15, 0.2) is 0 Å². The van der Waals surface area contributed by atoms with Crippen molar-refractivity contribution in [1.29, 1.82) is 5.26 Å². The molecular weight excluding hydrogens is 370 g/mol. The fourth-order valence-corrected chi connectivity index (χ4v) is 3.95. The van der Waals surface area contributed by atoms with E-state index in [0.29, 0.717) is 26.5 Å². The van der Waals surface area contributed by atoms with E-state index in [-0.39, 0.29) is 11.2 Å². The first-order chi connectivity index (χ1) is 12.6. The average molecular weight is 380 g/mol. The Kier molecular flexibility index (Phi) is 3.96. The van der Waals surface area contributed by atoms with Gasteiger partial charge in [-0.05, 0) is 42.5 Å². The lowest BCUT2D eigenvalue weighted by Gasteiger charge is -2.07. The molecule has 4 rings (SSSR count). The smallest absolute Gasteiger partial charge is 0.280 e. The highest BCUT2D eigenvalue weighted by atomic mass is 35.5. The first kappa shape index (κ1) is 16.3. The Balaban J connectivity index is 1.88. The zero-order valence-electron chi connectivity index (χ0n) is 13.2. The Morgan fingerprint density at radius 3 is 2.62 bits per heavy atom. The molecule has 0 aliphatic heterocycles. The maximum absolute atomic E-state index is 12.9. The molecule has 26 heavy (non-hydrogen) atoms. The van der Waals surface area contributed by atoms with Crippen LogP contribution in [0.15, 0.2) is 59.4 Å². The molecule has 0 bridgehead atoms. The third kappa shape index (κ3) is 2.64. The van der Waals surface area contributed by atoms with Gasteiger partial charge in [-0.3, -0.25) is 14.0 Å². The molecule has 126 valence electrons. The number of hydrogen-bond acceptors (Lipinski definition) is 4. The average Bonchev–Trinajstić information content (AvgIpc) is 3.04. The molecule has 1 N–H and O–H groups in total. The lowest BCUT2D eigenvalue weighted by molar-refractivity contribution is 0.102. The van der Waals surface area contributed by atoms with Gasteiger partial charge in [-0.15, -0.1) is 11.3 Å². The van der Waals surface area contributed by atoms with Crippen molar-refractivity contribution in [2.75, 3.05) is 5.32 Å². The minimum absolute atomic E-state index is 0.0579. The second kappa shape index (κ2) is 6.30. The summed E-state index contributed by atoms with van der Waals surface area (Å²) in [5.74, 6) is -0.442. The Labute approximate surface area is 156 Å². The van der Waals surface area contributed by atoms with Crippen molar-refractivity contribution >= 4 is 49.6 Å². The van der Waals surface area contributed by atoms with Crippen molar-refractivity contribution in [3.05, 3.63) is 81.1 Å². The molecule has 0 aliphatic rings. The second-order valence-electron chi connectivity index (χ2n) is 5.56. The SMILES string of the molecule is N#Cc1cc(NC(=O)c2ccc(Cl)cc2)c(=O)n2c1sc1ccccc12. The van der Waals surface area contributed by atoms with Crippen LogP contribution in [0.5, 0.6) is 0 Å². The predicted molar refractivity (Wildman–Crippen MR) is 103 cm³/mol. The molecule has 0 aliphatic carbocycles. The number of aromatic nitrogens is 1. The van der Waals surface area contributed by atoms with Crippen molar-refractivity contribution in [3.63, 3.8) is 0 Å². The van der Waals surface area contributed by atoms with Gasteiger partial charge < -0.3 is 5.32 Å². The fourth-order valence-electron chi connectivity index (χ4n) is 2.72. The third-order valence-corrected chi connectivity index (χ3v) is 5.36. The number of benzene rings is 2. The number of rotatable bonds is 2. The molecule has 0 radical (unpaired) electrons. The highest BCUT2D eigenvalue weighted by Gasteiger charge is 2.16. The first-order valence-electron chi connectivity index (χ1n) is 7.63. The largest absolute Gasteiger partial charge is 0.317 e. The number of hydrogen-bond donors (Lipinski definition) is 1. The lowest BCUT2D eigenvalue weighted by atomic mass is 10.2. The van der Waals surface area contributed by atoms with Crippen LogP contribution in [0.2, 0.25) is 5.02 Å². The van der Waals surface area contributed by atoms with Crippen LogP contribution < -0.4 is 10.9 Å². The number of halogens is 1. The highest BCUT2D eigenvalue weighted by Crippen LogP contribution is 2.28. The molecule has 0 spiro atoms. The molecule has 0 unspecified atom stereocenters. The van der Waals surface area contributed by atoms with Crippen LogP contribution in [0.4, 0.5) is 5.69 Å². The molecule has 4 aromatic rings. The van der Waals surface area contributed by atoms with Crippen LogP contribution in [0.3, 0.4) is 0 Å². The van der Waals surface area contributed by atoms with Crippen molar-refractivity contribution in [2.24, 2.45) is 0 Å². The summed E-state index contributed by atoms with van der Waals surface area (Å²) in [5.41, 5.74) is 1.09. The van der Waals surface area contributed by atoms with E-state index >= 15 is 0 Å². The number of fused-ring (bicyclic) bond motifs is 3. The van der Waals surface area contributed by atoms with Gasteiger partial charge in [0.2, 0.25) is 0 Å². The second-order valence-corrected chi connectivity index (χ2v) is 7.03. The summed E-state index contributed by atoms with van der Waals surface area (Å²) in [5, 5.41) is 12.6. The van der Waals surface area contributed by atoms with Gasteiger partial charge >= 0.3 is 0 Å². The van der Waals surface area contributed by atoms with E-state index in [0.717, 1.165) is 4.70 Å². The summed E-state index contributed by atoms with van der Waals surface area (Å²) in [7, 11) is 0. The summed E-state index contributed by atoms with van der Waals surface area (Å²) < 4.78 is 2.36. The van der Waals surface area contributed by atoms with Gasteiger partial charge in [-0.2, -0.15) is 5.26 Å². The number of para-hydroxylation sites is 1. The van der Waals surface area contributed by atoms with E-state index < -0.39 is 5.91 Å². The summed E-state index contributed by atoms with van der Waals surface area (Å²) in [6.07, 6.45) is 0. The number of carbonyl (C=O) groups excluding carboxylic acids is 1. The topological polar surface area (TPSA) is 74.4 Å². The van der Waals surface area contributed by atoms with E-state index in [1.807, 2.05) is 24.3 Å². The standard InChI is InChI=1S/C19H10ClN3O2S/c20-13-7-5-11(6-8-13)17(24)22-14-9-12(10-21)19-23(18(14)25)15-3-1-2-4-16(15)26-19/h1-9H,(H,22,24). The summed E-state index contributed by atoms with van der Waals surface area (Å²) in [6.45, 7) is 0. The Hall–Kier alpha value is -3.14. The molecular formula is C19H10ClN3O2S. The van der Waals surface area contributed by atoms with E-state index in [1.165, 1.54) is 21.8 Å². The summed E-state index contributed by atoms with van der Waals surface area (Å²) in [6, 6.07) is 17.2. The van der Waals surface area contributed by atoms with E-state index in [9.17, 15) is 14.9 Å². The molecule has 7 heteroatoms. The van der Waals surface area contributed by atoms with Crippen molar-refractivity contribution < 1.29 is 4.79 Å². The van der Waals surface area contributed by atoms with Gasteiger partial charge in [0.1, 0.15) is 16.6 Å². The zero-order valence-corrected chi connectivity index (χ0v) is 14.8. The van der Waals surface area contributed by atoms with Crippen LogP contribution in [0.1, 0.15) is 15.9 Å². The number of nitriles is 1. The molecule has 2 aromatic carbocycles. The van der Waals surface area contributed by atoms with Crippen LogP contribution in [-0.2, 0) is 0 Å². The van der Waals surface area contributed by atoms with Gasteiger partial charge in [0.05, 0.1) is 15.8 Å². The van der Waals surface area contributed by atoms with E-state index in [2.05, 4.69) is 11.4 Å². The summed E-state index contributed by atoms with van der Waals surface area (Å²) >= 11 is 7.20. The minimum Gasteiger partial charge on any atom is -0.317 e. The maximum atomic E-state index is 12.9. The molecule has 1 amide bonds. The Bertz CT molecular complexity index is 1270. The van der Waals surface area contributed by atoms with Gasteiger partial charge in [0, 0.05) is 10.6 Å². The van der Waals surface area contributed by atoms with Crippen molar-refractivity contribution in [3.8, 4) is 6.07 Å². The first-order valence-corrected chi connectivity index (χ1v) is 8.82. The highest BCUT2D eigenvalue weighted by molar-refractivity contribution is 7.24. The van der Waals surface area contributed by atoms with E-state index in [4.69, 9.17) is 11.6 Å². The molecule has 0 atom stereocenters. The number of nitrogens with one attached hydrogen (secondary N) is 1.